The Bertz CT molecular complexity index is 185. The zero-order valence-corrected chi connectivity index (χ0v) is 9.13. The summed E-state index contributed by atoms with van der Waals surface area (Å²) < 4.78 is 0. The van der Waals surface area contributed by atoms with Gasteiger partial charge in [-0.2, -0.15) is 0 Å². The van der Waals surface area contributed by atoms with Gasteiger partial charge in [0.05, 0.1) is 0 Å². The summed E-state index contributed by atoms with van der Waals surface area (Å²) >= 11 is 0. The summed E-state index contributed by atoms with van der Waals surface area (Å²) in [5, 5.41) is 0. The SMILES string of the molecule is CC(=O)CC(C)=NCCCN(C)C. The minimum absolute atomic E-state index is 0.189. The van der Waals surface area contributed by atoms with Crippen LogP contribution >= 0.6 is 0 Å². The number of hydrogen-bond acceptors (Lipinski definition) is 3. The Balaban J connectivity index is 3.53. The lowest BCUT2D eigenvalue weighted by Gasteiger charge is -2.07. The summed E-state index contributed by atoms with van der Waals surface area (Å²) in [6.07, 6.45) is 1.56. The van der Waals surface area contributed by atoms with Crippen molar-refractivity contribution in [3.8, 4) is 0 Å². The molecule has 0 aromatic carbocycles. The molecule has 0 N–H and O–H groups in total. The summed E-state index contributed by atoms with van der Waals surface area (Å²) in [6, 6.07) is 0. The third kappa shape index (κ3) is 9.21. The van der Waals surface area contributed by atoms with Gasteiger partial charge in [-0.15, -0.1) is 0 Å². The van der Waals surface area contributed by atoms with Crippen molar-refractivity contribution in [3.05, 3.63) is 0 Å². The van der Waals surface area contributed by atoms with Gasteiger partial charge in [0, 0.05) is 18.7 Å². The van der Waals surface area contributed by atoms with E-state index in [9.17, 15) is 4.79 Å². The first kappa shape index (κ1) is 12.3. The van der Waals surface area contributed by atoms with Gasteiger partial charge >= 0.3 is 0 Å². The maximum Gasteiger partial charge on any atom is 0.135 e. The van der Waals surface area contributed by atoms with Crippen LogP contribution in [0.1, 0.15) is 26.7 Å². The van der Waals surface area contributed by atoms with E-state index in [1.54, 1.807) is 6.92 Å². The Morgan fingerprint density at radius 3 is 2.38 bits per heavy atom. The molecule has 13 heavy (non-hydrogen) atoms. The van der Waals surface area contributed by atoms with Crippen LogP contribution in [-0.4, -0.2) is 43.6 Å². The van der Waals surface area contributed by atoms with Crippen molar-refractivity contribution in [1.82, 2.24) is 4.90 Å². The molecule has 0 unspecified atom stereocenters. The number of nitrogens with zero attached hydrogens (tertiary/aromatic N) is 2. The van der Waals surface area contributed by atoms with Crippen LogP contribution in [0, 0.1) is 0 Å². The van der Waals surface area contributed by atoms with E-state index in [1.807, 2.05) is 21.0 Å². The molecule has 76 valence electrons. The van der Waals surface area contributed by atoms with E-state index in [0.29, 0.717) is 6.42 Å². The fraction of sp³-hybridized carbons (Fsp3) is 0.800. The highest BCUT2D eigenvalue weighted by atomic mass is 16.1. The van der Waals surface area contributed by atoms with E-state index in [0.717, 1.165) is 25.2 Å². The third-order valence-electron chi connectivity index (χ3n) is 1.65. The molecule has 0 rings (SSSR count). The van der Waals surface area contributed by atoms with Gasteiger partial charge in [0.25, 0.3) is 0 Å². The van der Waals surface area contributed by atoms with Crippen LogP contribution in [0.2, 0.25) is 0 Å². The Kier molecular flexibility index (Phi) is 6.41. The average Bonchev–Trinajstić information content (AvgIpc) is 1.96. The van der Waals surface area contributed by atoms with E-state index in [1.165, 1.54) is 0 Å². The maximum absolute atomic E-state index is 10.7. The van der Waals surface area contributed by atoms with Crippen molar-refractivity contribution in [2.45, 2.75) is 26.7 Å². The van der Waals surface area contributed by atoms with E-state index in [-0.39, 0.29) is 5.78 Å². The van der Waals surface area contributed by atoms with Crippen molar-refractivity contribution in [2.24, 2.45) is 4.99 Å². The molecule has 3 nitrogen and oxygen atoms in total. The highest BCUT2D eigenvalue weighted by Gasteiger charge is 1.96. The van der Waals surface area contributed by atoms with Gasteiger partial charge in [0.2, 0.25) is 0 Å². The average molecular weight is 184 g/mol. The van der Waals surface area contributed by atoms with Crippen LogP contribution in [0.3, 0.4) is 0 Å². The summed E-state index contributed by atoms with van der Waals surface area (Å²) in [5.74, 6) is 0.189. The zero-order valence-electron chi connectivity index (χ0n) is 9.13. The van der Waals surface area contributed by atoms with Crippen molar-refractivity contribution >= 4 is 11.5 Å². The van der Waals surface area contributed by atoms with Gasteiger partial charge < -0.3 is 4.90 Å². The van der Waals surface area contributed by atoms with Gasteiger partial charge in [-0.05, 0) is 40.9 Å². The Morgan fingerprint density at radius 1 is 1.31 bits per heavy atom. The van der Waals surface area contributed by atoms with Crippen molar-refractivity contribution in [2.75, 3.05) is 27.2 Å². The van der Waals surface area contributed by atoms with Gasteiger partial charge in [0.1, 0.15) is 5.78 Å². The zero-order chi connectivity index (χ0) is 10.3. The molecule has 0 bridgehead atoms. The molecule has 0 amide bonds. The Morgan fingerprint density at radius 2 is 1.92 bits per heavy atom. The molecule has 3 heteroatoms. The number of carbonyl (C=O) groups is 1. The molecule has 0 aromatic heterocycles. The fourth-order valence-corrected chi connectivity index (χ4v) is 1.07. The third-order valence-corrected chi connectivity index (χ3v) is 1.65. The summed E-state index contributed by atoms with van der Waals surface area (Å²) in [4.78, 5) is 17.1. The first-order chi connectivity index (χ1) is 6.02. The molecule has 0 fully saturated rings. The van der Waals surface area contributed by atoms with Crippen LogP contribution in [0.25, 0.3) is 0 Å². The molecule has 0 aliphatic carbocycles. The van der Waals surface area contributed by atoms with Crippen molar-refractivity contribution in [3.63, 3.8) is 0 Å². The Hall–Kier alpha value is -0.700. The van der Waals surface area contributed by atoms with Crippen LogP contribution < -0.4 is 0 Å². The second-order valence-corrected chi connectivity index (χ2v) is 3.65. The molecule has 0 radical (unpaired) electrons. The van der Waals surface area contributed by atoms with E-state index < -0.39 is 0 Å². The highest BCUT2D eigenvalue weighted by Crippen LogP contribution is 1.91. The first-order valence-electron chi connectivity index (χ1n) is 4.66. The minimum atomic E-state index is 0.189. The smallest absolute Gasteiger partial charge is 0.135 e. The van der Waals surface area contributed by atoms with E-state index in [4.69, 9.17) is 0 Å². The van der Waals surface area contributed by atoms with E-state index >= 15 is 0 Å². The fourth-order valence-electron chi connectivity index (χ4n) is 1.07. The number of rotatable bonds is 6. The lowest BCUT2D eigenvalue weighted by molar-refractivity contribution is -0.115. The maximum atomic E-state index is 10.7. The molecule has 0 saturated heterocycles. The van der Waals surface area contributed by atoms with Crippen molar-refractivity contribution in [1.29, 1.82) is 0 Å². The molecule has 0 spiro atoms. The number of Topliss-reactive ketones (excluding diaryl/α,β-unsaturated/α-hetero) is 1. The van der Waals surface area contributed by atoms with Gasteiger partial charge in [-0.25, -0.2) is 0 Å². The Labute approximate surface area is 80.8 Å². The predicted octanol–water partition coefficient (Wildman–Crippen LogP) is 1.38. The second kappa shape index (κ2) is 6.78. The summed E-state index contributed by atoms with van der Waals surface area (Å²) in [5.41, 5.74) is 0.950. The van der Waals surface area contributed by atoms with Crippen LogP contribution in [0.15, 0.2) is 4.99 Å². The van der Waals surface area contributed by atoms with Gasteiger partial charge in [0.15, 0.2) is 0 Å². The molecule has 0 saturated carbocycles. The van der Waals surface area contributed by atoms with Crippen LogP contribution in [0.4, 0.5) is 0 Å². The number of ketones is 1. The van der Waals surface area contributed by atoms with Crippen LogP contribution in [-0.2, 0) is 4.79 Å². The standard InChI is InChI=1S/C10H20N2O/c1-9(8-10(2)13)11-6-5-7-12(3)4/h5-8H2,1-4H3. The van der Waals surface area contributed by atoms with Crippen LogP contribution in [0.5, 0.6) is 0 Å². The second-order valence-electron chi connectivity index (χ2n) is 3.65. The number of carbonyl (C=O) groups excluding carboxylic acids is 1. The molecule has 0 aromatic rings. The molecule has 0 atom stereocenters. The van der Waals surface area contributed by atoms with Gasteiger partial charge in [-0.1, -0.05) is 0 Å². The summed E-state index contributed by atoms with van der Waals surface area (Å²) in [7, 11) is 4.10. The monoisotopic (exact) mass is 184 g/mol. The molecular formula is C10H20N2O. The molecule has 0 aliphatic heterocycles. The lowest BCUT2D eigenvalue weighted by atomic mass is 10.2. The molecule has 0 aliphatic rings. The topological polar surface area (TPSA) is 32.7 Å². The number of aliphatic imine (C=N–C) groups is 1. The molecule has 0 heterocycles. The minimum Gasteiger partial charge on any atom is -0.309 e. The van der Waals surface area contributed by atoms with Crippen molar-refractivity contribution < 1.29 is 4.79 Å². The lowest BCUT2D eigenvalue weighted by Crippen LogP contribution is -2.14. The highest BCUT2D eigenvalue weighted by molar-refractivity contribution is 5.99. The summed E-state index contributed by atoms with van der Waals surface area (Å²) in [6.45, 7) is 5.39. The van der Waals surface area contributed by atoms with Gasteiger partial charge in [-0.3, -0.25) is 9.79 Å². The first-order valence-corrected chi connectivity index (χ1v) is 4.66. The largest absolute Gasteiger partial charge is 0.309 e. The number of hydrogen-bond donors (Lipinski definition) is 0. The van der Waals surface area contributed by atoms with E-state index in [2.05, 4.69) is 9.89 Å². The normalized spacial score (nSPS) is 12.2. The predicted molar refractivity (Wildman–Crippen MR) is 56.4 cm³/mol. The quantitative estimate of drug-likeness (QED) is 0.461. The molecular weight excluding hydrogens is 164 g/mol.